The van der Waals surface area contributed by atoms with Crippen LogP contribution in [0.4, 0.5) is 5.69 Å². The lowest BCUT2D eigenvalue weighted by atomic mass is 10.2. The predicted molar refractivity (Wildman–Crippen MR) is 99.3 cm³/mol. The van der Waals surface area contributed by atoms with Crippen molar-refractivity contribution in [3.63, 3.8) is 0 Å². The molecular weight excluding hydrogens is 382 g/mol. The highest BCUT2D eigenvalue weighted by atomic mass is 35.5. The van der Waals surface area contributed by atoms with Gasteiger partial charge in [0.2, 0.25) is 11.8 Å². The molecule has 0 radical (unpaired) electrons. The lowest BCUT2D eigenvalue weighted by Crippen LogP contribution is -2.46. The molecule has 1 aromatic rings. The number of nitrogens with one attached hydrogen (secondary N) is 2. The second-order valence-corrected chi connectivity index (χ2v) is 8.93. The Labute approximate surface area is 157 Å². The van der Waals surface area contributed by atoms with Gasteiger partial charge in [-0.15, -0.1) is 11.6 Å². The van der Waals surface area contributed by atoms with E-state index in [4.69, 9.17) is 16.3 Å². The van der Waals surface area contributed by atoms with Gasteiger partial charge in [0.1, 0.15) is 5.75 Å². The first-order valence-electron chi connectivity index (χ1n) is 7.95. The van der Waals surface area contributed by atoms with Crippen LogP contribution in [0.25, 0.3) is 0 Å². The van der Waals surface area contributed by atoms with Crippen molar-refractivity contribution in [1.82, 2.24) is 10.2 Å². The van der Waals surface area contributed by atoms with Crippen LogP contribution >= 0.6 is 11.6 Å². The summed E-state index contributed by atoms with van der Waals surface area (Å²) >= 11 is 5.96. The number of carbonyl (C=O) groups excluding carboxylic acids is 2. The lowest BCUT2D eigenvalue weighted by molar-refractivity contribution is -0.123. The number of halogens is 1. The number of ether oxygens (including phenoxy) is 1. The fraction of sp³-hybridized carbons (Fsp3) is 0.500. The number of methoxy groups -OCH3 is 1. The van der Waals surface area contributed by atoms with Gasteiger partial charge in [0.15, 0.2) is 9.84 Å². The number of benzene rings is 1. The highest BCUT2D eigenvalue weighted by Crippen LogP contribution is 2.18. The Hall–Kier alpha value is -1.84. The monoisotopic (exact) mass is 403 g/mol. The zero-order valence-electron chi connectivity index (χ0n) is 14.6. The van der Waals surface area contributed by atoms with Crippen LogP contribution in [0.2, 0.25) is 0 Å². The van der Waals surface area contributed by atoms with Crippen LogP contribution in [-0.2, 0) is 19.4 Å². The molecule has 8 nitrogen and oxygen atoms in total. The Morgan fingerprint density at radius 2 is 1.81 bits per heavy atom. The molecule has 2 atom stereocenters. The second-order valence-electron chi connectivity index (χ2n) is 6.22. The Morgan fingerprint density at radius 1 is 1.19 bits per heavy atom. The highest BCUT2D eigenvalue weighted by molar-refractivity contribution is 7.91. The first kappa shape index (κ1) is 20.5. The molecule has 0 unspecified atom stereocenters. The first-order chi connectivity index (χ1) is 12.2. The standard InChI is InChI=1S/C16H22ClN3O5S/c1-20(7-15(21)18-11-3-5-12(25-2)6-4-11)8-16(22)19-14-10-26(23,24)9-13(14)17/h3-6,13-14H,7-10H2,1-2H3,(H,18,21)(H,19,22)/t13-,14+/m0/s1. The van der Waals surface area contributed by atoms with Gasteiger partial charge in [-0.2, -0.15) is 0 Å². The normalized spacial score (nSPS) is 21.4. The van der Waals surface area contributed by atoms with E-state index in [0.717, 1.165) is 0 Å². The predicted octanol–water partition coefficient (Wildman–Crippen LogP) is 0.0861. The van der Waals surface area contributed by atoms with E-state index in [0.29, 0.717) is 11.4 Å². The molecule has 10 heteroatoms. The average molecular weight is 404 g/mol. The van der Waals surface area contributed by atoms with Gasteiger partial charge in [-0.05, 0) is 31.3 Å². The minimum absolute atomic E-state index is 0.00666. The van der Waals surface area contributed by atoms with Crippen LogP contribution in [0.15, 0.2) is 24.3 Å². The van der Waals surface area contributed by atoms with Crippen molar-refractivity contribution < 1.29 is 22.7 Å². The molecule has 1 saturated heterocycles. The van der Waals surface area contributed by atoms with Crippen molar-refractivity contribution in [3.05, 3.63) is 24.3 Å². The van der Waals surface area contributed by atoms with Crippen molar-refractivity contribution in [1.29, 1.82) is 0 Å². The Balaban J connectivity index is 1.77. The zero-order valence-corrected chi connectivity index (χ0v) is 16.1. The number of hydrogen-bond acceptors (Lipinski definition) is 6. The summed E-state index contributed by atoms with van der Waals surface area (Å²) in [4.78, 5) is 25.6. The summed E-state index contributed by atoms with van der Waals surface area (Å²) in [5, 5.41) is 4.70. The van der Waals surface area contributed by atoms with Crippen LogP contribution in [0, 0.1) is 0 Å². The van der Waals surface area contributed by atoms with Crippen LogP contribution in [0.3, 0.4) is 0 Å². The van der Waals surface area contributed by atoms with Crippen LogP contribution in [-0.4, -0.2) is 75.3 Å². The van der Waals surface area contributed by atoms with E-state index in [1.54, 1.807) is 38.4 Å². The van der Waals surface area contributed by atoms with Crippen molar-refractivity contribution in [3.8, 4) is 5.75 Å². The van der Waals surface area contributed by atoms with Gasteiger partial charge in [0.05, 0.1) is 43.1 Å². The molecule has 1 heterocycles. The molecule has 1 aliphatic rings. The minimum Gasteiger partial charge on any atom is -0.497 e. The second kappa shape index (κ2) is 8.70. The number of anilines is 1. The fourth-order valence-corrected chi connectivity index (χ4v) is 5.16. The zero-order chi connectivity index (χ0) is 19.3. The quantitative estimate of drug-likeness (QED) is 0.625. The average Bonchev–Trinajstić information content (AvgIpc) is 2.79. The van der Waals surface area contributed by atoms with Gasteiger partial charge in [-0.3, -0.25) is 14.5 Å². The third-order valence-electron chi connectivity index (χ3n) is 3.83. The van der Waals surface area contributed by atoms with Crippen LogP contribution in [0.5, 0.6) is 5.75 Å². The maximum Gasteiger partial charge on any atom is 0.238 e. The molecule has 0 aromatic heterocycles. The van der Waals surface area contributed by atoms with Crippen molar-refractivity contribution >= 4 is 38.9 Å². The largest absolute Gasteiger partial charge is 0.497 e. The van der Waals surface area contributed by atoms with Gasteiger partial charge in [0.25, 0.3) is 0 Å². The molecule has 2 rings (SSSR count). The Morgan fingerprint density at radius 3 is 2.35 bits per heavy atom. The number of rotatable bonds is 7. The number of carbonyl (C=O) groups is 2. The maximum absolute atomic E-state index is 12.0. The number of sulfone groups is 1. The number of amides is 2. The smallest absolute Gasteiger partial charge is 0.238 e. The topological polar surface area (TPSA) is 105 Å². The molecule has 0 aliphatic carbocycles. The minimum atomic E-state index is -3.21. The molecular formula is C16H22ClN3O5S. The molecule has 0 spiro atoms. The van der Waals surface area contributed by atoms with Crippen LogP contribution in [0.1, 0.15) is 0 Å². The molecule has 1 fully saturated rings. The lowest BCUT2D eigenvalue weighted by Gasteiger charge is -2.19. The maximum atomic E-state index is 12.0. The van der Waals surface area contributed by atoms with E-state index in [2.05, 4.69) is 10.6 Å². The molecule has 2 amide bonds. The number of alkyl halides is 1. The first-order valence-corrected chi connectivity index (χ1v) is 10.2. The SMILES string of the molecule is COc1ccc(NC(=O)CN(C)CC(=O)N[C@@H]2CS(=O)(=O)C[C@@H]2Cl)cc1. The molecule has 0 bridgehead atoms. The fourth-order valence-electron chi connectivity index (χ4n) is 2.61. The Kier molecular flexibility index (Phi) is 6.85. The van der Waals surface area contributed by atoms with E-state index in [1.165, 1.54) is 4.90 Å². The van der Waals surface area contributed by atoms with Gasteiger partial charge in [-0.25, -0.2) is 8.42 Å². The van der Waals surface area contributed by atoms with Gasteiger partial charge >= 0.3 is 0 Å². The summed E-state index contributed by atoms with van der Waals surface area (Å²) in [6.07, 6.45) is 0. The van der Waals surface area contributed by atoms with Gasteiger partial charge < -0.3 is 15.4 Å². The molecule has 26 heavy (non-hydrogen) atoms. The van der Waals surface area contributed by atoms with Crippen molar-refractivity contribution in [2.24, 2.45) is 0 Å². The van der Waals surface area contributed by atoms with E-state index in [1.807, 2.05) is 0 Å². The van der Waals surface area contributed by atoms with Crippen molar-refractivity contribution in [2.75, 3.05) is 44.1 Å². The summed E-state index contributed by atoms with van der Waals surface area (Å²) < 4.78 is 28.1. The molecule has 144 valence electrons. The number of nitrogens with zero attached hydrogens (tertiary/aromatic N) is 1. The molecule has 1 aliphatic heterocycles. The van der Waals surface area contributed by atoms with Gasteiger partial charge in [0, 0.05) is 5.69 Å². The third-order valence-corrected chi connectivity index (χ3v) is 6.21. The summed E-state index contributed by atoms with van der Waals surface area (Å²) in [6.45, 7) is -0.0388. The number of likely N-dealkylation sites (N-methyl/N-ethyl adjacent to an activating group) is 1. The van der Waals surface area contributed by atoms with Crippen molar-refractivity contribution in [2.45, 2.75) is 11.4 Å². The summed E-state index contributed by atoms with van der Waals surface area (Å²) in [6, 6.07) is 6.28. The summed E-state index contributed by atoms with van der Waals surface area (Å²) in [5.41, 5.74) is 0.620. The molecule has 1 aromatic carbocycles. The highest BCUT2D eigenvalue weighted by Gasteiger charge is 2.37. The van der Waals surface area contributed by atoms with E-state index in [9.17, 15) is 18.0 Å². The van der Waals surface area contributed by atoms with Gasteiger partial charge in [-0.1, -0.05) is 0 Å². The Bertz CT molecular complexity index is 754. The van der Waals surface area contributed by atoms with Crippen LogP contribution < -0.4 is 15.4 Å². The van der Waals surface area contributed by atoms with E-state index < -0.39 is 21.3 Å². The van der Waals surface area contributed by atoms with E-state index >= 15 is 0 Å². The van der Waals surface area contributed by atoms with E-state index in [-0.39, 0.29) is 36.4 Å². The molecule has 2 N–H and O–H groups in total. The summed E-state index contributed by atoms with van der Waals surface area (Å²) in [5.74, 6) is -0.265. The third kappa shape index (κ3) is 6.15. The summed E-state index contributed by atoms with van der Waals surface area (Å²) in [7, 11) is -0.0324. The number of hydrogen-bond donors (Lipinski definition) is 2. The molecule has 0 saturated carbocycles.